The van der Waals surface area contributed by atoms with Crippen LogP contribution in [0.4, 0.5) is 0 Å². The molecule has 1 saturated heterocycles. The molecular weight excluding hydrogens is 418 g/mol. The lowest BCUT2D eigenvalue weighted by molar-refractivity contribution is 0.0934. The molecule has 4 rings (SSSR count). The molecule has 7 heteroatoms. The second-order valence-electron chi connectivity index (χ2n) is 7.34. The third-order valence-corrected chi connectivity index (χ3v) is 7.97. The van der Waals surface area contributed by atoms with Crippen molar-refractivity contribution < 1.29 is 17.9 Å². The van der Waals surface area contributed by atoms with Crippen LogP contribution < -0.4 is 10.1 Å². The summed E-state index contributed by atoms with van der Waals surface area (Å²) in [6.07, 6.45) is 0.899. The fraction of sp³-hybridized carbons (Fsp3) is 0.261. The quantitative estimate of drug-likeness (QED) is 0.619. The van der Waals surface area contributed by atoms with Crippen LogP contribution in [0, 0.1) is 0 Å². The number of amides is 1. The Morgan fingerprint density at radius 3 is 2.30 bits per heavy atom. The van der Waals surface area contributed by atoms with Crippen LogP contribution in [0.15, 0.2) is 66.7 Å². The molecule has 1 aromatic heterocycles. The molecule has 2 heterocycles. The highest BCUT2D eigenvalue weighted by Crippen LogP contribution is 2.37. The van der Waals surface area contributed by atoms with E-state index in [-0.39, 0.29) is 23.5 Å². The first-order valence-corrected chi connectivity index (χ1v) is 12.5. The molecule has 2 aromatic carbocycles. The van der Waals surface area contributed by atoms with Crippen molar-refractivity contribution in [2.45, 2.75) is 25.5 Å². The summed E-state index contributed by atoms with van der Waals surface area (Å²) in [7, 11) is -2.97. The van der Waals surface area contributed by atoms with E-state index in [1.807, 2.05) is 66.7 Å². The summed E-state index contributed by atoms with van der Waals surface area (Å²) in [5, 5.41) is 3.00. The molecule has 0 radical (unpaired) electrons. The van der Waals surface area contributed by atoms with Gasteiger partial charge in [-0.05, 0) is 30.0 Å². The van der Waals surface area contributed by atoms with Crippen molar-refractivity contribution in [3.05, 3.63) is 77.2 Å². The number of benzene rings is 2. The van der Waals surface area contributed by atoms with Gasteiger partial charge in [0, 0.05) is 10.9 Å². The van der Waals surface area contributed by atoms with Crippen molar-refractivity contribution in [2.24, 2.45) is 0 Å². The molecule has 1 aliphatic rings. The van der Waals surface area contributed by atoms with Crippen LogP contribution in [-0.4, -0.2) is 31.9 Å². The SMILES string of the molecule is O=C(NC1CCS(=O)(=O)CC1)c1sc(-c2ccccc2)cc1OCc1ccccc1. The van der Waals surface area contributed by atoms with Crippen molar-refractivity contribution in [1.29, 1.82) is 0 Å². The van der Waals surface area contributed by atoms with E-state index in [2.05, 4.69) is 5.32 Å². The number of hydrogen-bond acceptors (Lipinski definition) is 5. The maximum absolute atomic E-state index is 13.0. The maximum Gasteiger partial charge on any atom is 0.265 e. The normalized spacial score (nSPS) is 16.1. The first-order valence-electron chi connectivity index (χ1n) is 9.87. The fourth-order valence-corrected chi connectivity index (χ4v) is 5.91. The molecule has 0 aliphatic carbocycles. The molecule has 0 atom stereocenters. The zero-order chi connectivity index (χ0) is 21.0. The van der Waals surface area contributed by atoms with Crippen LogP contribution >= 0.6 is 11.3 Å². The summed E-state index contributed by atoms with van der Waals surface area (Å²) in [6, 6.07) is 21.5. The average Bonchev–Trinajstić information content (AvgIpc) is 3.20. The number of rotatable bonds is 6. The molecule has 0 saturated carbocycles. The summed E-state index contributed by atoms with van der Waals surface area (Å²) < 4.78 is 29.3. The third kappa shape index (κ3) is 5.09. The Labute approximate surface area is 180 Å². The van der Waals surface area contributed by atoms with Crippen LogP contribution in [-0.2, 0) is 16.4 Å². The largest absolute Gasteiger partial charge is 0.487 e. The second-order valence-corrected chi connectivity index (χ2v) is 10.7. The van der Waals surface area contributed by atoms with Crippen molar-refractivity contribution in [3.8, 4) is 16.2 Å². The highest BCUT2D eigenvalue weighted by molar-refractivity contribution is 7.91. The molecule has 0 unspecified atom stereocenters. The number of thiophene rings is 1. The molecule has 1 amide bonds. The van der Waals surface area contributed by atoms with Crippen LogP contribution in [0.25, 0.3) is 10.4 Å². The van der Waals surface area contributed by atoms with Crippen molar-refractivity contribution in [3.63, 3.8) is 0 Å². The van der Waals surface area contributed by atoms with Gasteiger partial charge in [0.05, 0.1) is 11.5 Å². The van der Waals surface area contributed by atoms with Crippen LogP contribution in [0.3, 0.4) is 0 Å². The highest BCUT2D eigenvalue weighted by Gasteiger charge is 2.27. The van der Waals surface area contributed by atoms with Gasteiger partial charge < -0.3 is 10.1 Å². The van der Waals surface area contributed by atoms with Gasteiger partial charge >= 0.3 is 0 Å². The molecule has 30 heavy (non-hydrogen) atoms. The van der Waals surface area contributed by atoms with Gasteiger partial charge in [0.1, 0.15) is 27.1 Å². The van der Waals surface area contributed by atoms with Crippen molar-refractivity contribution in [2.75, 3.05) is 11.5 Å². The molecule has 0 bridgehead atoms. The molecule has 156 valence electrons. The standard InChI is InChI=1S/C23H23NO4S2/c25-23(24-19-11-13-30(26,27)14-12-19)22-20(28-16-17-7-3-1-4-8-17)15-21(29-22)18-9-5-2-6-10-18/h1-10,15,19H,11-14,16H2,(H,24,25). The summed E-state index contributed by atoms with van der Waals surface area (Å²) in [6.45, 7) is 0.369. The minimum absolute atomic E-state index is 0.120. The highest BCUT2D eigenvalue weighted by atomic mass is 32.2. The fourth-order valence-electron chi connectivity index (χ4n) is 3.41. The van der Waals surface area contributed by atoms with Gasteiger partial charge in [-0.25, -0.2) is 8.42 Å². The van der Waals surface area contributed by atoms with E-state index in [0.717, 1.165) is 16.0 Å². The van der Waals surface area contributed by atoms with E-state index in [0.29, 0.717) is 30.1 Å². The first kappa shape index (κ1) is 20.6. The molecule has 1 N–H and O–H groups in total. The Balaban J connectivity index is 1.55. The van der Waals surface area contributed by atoms with Crippen LogP contribution in [0.5, 0.6) is 5.75 Å². The molecule has 3 aromatic rings. The van der Waals surface area contributed by atoms with E-state index < -0.39 is 9.84 Å². The Kier molecular flexibility index (Phi) is 6.20. The van der Waals surface area contributed by atoms with Gasteiger partial charge in [-0.2, -0.15) is 0 Å². The lowest BCUT2D eigenvalue weighted by atomic mass is 10.1. The number of hydrogen-bond donors (Lipinski definition) is 1. The number of ether oxygens (including phenoxy) is 1. The van der Waals surface area contributed by atoms with E-state index in [9.17, 15) is 13.2 Å². The van der Waals surface area contributed by atoms with Crippen LogP contribution in [0.1, 0.15) is 28.1 Å². The monoisotopic (exact) mass is 441 g/mol. The molecule has 5 nitrogen and oxygen atoms in total. The Morgan fingerprint density at radius 2 is 1.63 bits per heavy atom. The van der Waals surface area contributed by atoms with Gasteiger partial charge in [0.2, 0.25) is 0 Å². The topological polar surface area (TPSA) is 72.5 Å². The van der Waals surface area contributed by atoms with Gasteiger partial charge in [-0.3, -0.25) is 4.79 Å². The first-order chi connectivity index (χ1) is 14.5. The predicted molar refractivity (Wildman–Crippen MR) is 120 cm³/mol. The van der Waals surface area contributed by atoms with Gasteiger partial charge in [-0.1, -0.05) is 60.7 Å². The molecule has 1 aliphatic heterocycles. The Bertz CT molecular complexity index is 1090. The Hall–Kier alpha value is -2.64. The minimum atomic E-state index is -2.97. The maximum atomic E-state index is 13.0. The van der Waals surface area contributed by atoms with Gasteiger partial charge in [-0.15, -0.1) is 11.3 Å². The number of sulfone groups is 1. The Morgan fingerprint density at radius 1 is 1.00 bits per heavy atom. The zero-order valence-corrected chi connectivity index (χ0v) is 18.0. The third-order valence-electron chi connectivity index (χ3n) is 5.09. The van der Waals surface area contributed by atoms with E-state index in [1.54, 1.807) is 0 Å². The van der Waals surface area contributed by atoms with E-state index >= 15 is 0 Å². The summed E-state index contributed by atoms with van der Waals surface area (Å²) in [4.78, 5) is 14.5. The molecule has 0 spiro atoms. The summed E-state index contributed by atoms with van der Waals surface area (Å²) in [5.74, 6) is 0.572. The lowest BCUT2D eigenvalue weighted by Crippen LogP contribution is -2.40. The number of nitrogens with one attached hydrogen (secondary N) is 1. The van der Waals surface area contributed by atoms with E-state index in [4.69, 9.17) is 4.74 Å². The van der Waals surface area contributed by atoms with Gasteiger partial charge in [0.25, 0.3) is 5.91 Å². The van der Waals surface area contributed by atoms with Gasteiger partial charge in [0.15, 0.2) is 0 Å². The van der Waals surface area contributed by atoms with Crippen molar-refractivity contribution >= 4 is 27.1 Å². The average molecular weight is 442 g/mol. The number of carbonyl (C=O) groups excluding carboxylic acids is 1. The predicted octanol–water partition coefficient (Wildman–Crippen LogP) is 4.30. The smallest absolute Gasteiger partial charge is 0.265 e. The summed E-state index contributed by atoms with van der Waals surface area (Å²) >= 11 is 1.39. The summed E-state index contributed by atoms with van der Waals surface area (Å²) in [5.41, 5.74) is 2.05. The van der Waals surface area contributed by atoms with Crippen molar-refractivity contribution in [1.82, 2.24) is 5.32 Å². The molecular formula is C23H23NO4S2. The molecule has 1 fully saturated rings. The lowest BCUT2D eigenvalue weighted by Gasteiger charge is -2.22. The second kappa shape index (κ2) is 9.02. The van der Waals surface area contributed by atoms with E-state index in [1.165, 1.54) is 11.3 Å². The van der Waals surface area contributed by atoms with Crippen LogP contribution in [0.2, 0.25) is 0 Å². The number of carbonyl (C=O) groups is 1. The minimum Gasteiger partial charge on any atom is -0.487 e. The zero-order valence-electron chi connectivity index (χ0n) is 16.4.